The van der Waals surface area contributed by atoms with Crippen LogP contribution < -0.4 is 15.4 Å². The predicted molar refractivity (Wildman–Crippen MR) is 117 cm³/mol. The minimum absolute atomic E-state index is 0.0332. The van der Waals surface area contributed by atoms with E-state index >= 15 is 0 Å². The zero-order valence-corrected chi connectivity index (χ0v) is 18.8. The average molecular weight is 466 g/mol. The summed E-state index contributed by atoms with van der Waals surface area (Å²) in [6.45, 7) is 1.40. The third-order valence-corrected chi connectivity index (χ3v) is 6.10. The number of carboxylic acid groups (broad SMARTS) is 1. The van der Waals surface area contributed by atoms with Gasteiger partial charge in [-0.05, 0) is 24.1 Å². The van der Waals surface area contributed by atoms with E-state index in [-0.39, 0.29) is 43.5 Å². The number of hydrogen-bond acceptors (Lipinski definition) is 7. The van der Waals surface area contributed by atoms with E-state index in [1.807, 2.05) is 24.3 Å². The molecule has 1 aromatic rings. The number of likely N-dealkylation sites (tertiary alicyclic amines) is 1. The van der Waals surface area contributed by atoms with Crippen molar-refractivity contribution in [2.75, 3.05) is 26.0 Å². The number of carboxylic acids is 1. The number of aliphatic carboxylic acids is 1. The highest BCUT2D eigenvalue weighted by Crippen LogP contribution is 2.25. The number of carbonyl (C=O) groups is 5. The van der Waals surface area contributed by atoms with Gasteiger partial charge in [0, 0.05) is 38.6 Å². The van der Waals surface area contributed by atoms with E-state index in [1.54, 1.807) is 7.11 Å². The summed E-state index contributed by atoms with van der Waals surface area (Å²) < 4.78 is 5.09. The normalized spacial score (nSPS) is 16.6. The van der Waals surface area contributed by atoms with Crippen molar-refractivity contribution in [1.29, 1.82) is 0 Å². The summed E-state index contributed by atoms with van der Waals surface area (Å²) in [6, 6.07) is 6.26. The summed E-state index contributed by atoms with van der Waals surface area (Å²) in [5.41, 5.74) is 0.990. The Hall–Kier alpha value is -3.08. The molecular weight excluding hydrogens is 438 g/mol. The Morgan fingerprint density at radius 1 is 1.25 bits per heavy atom. The topological polar surface area (TPSA) is 142 Å². The molecule has 32 heavy (non-hydrogen) atoms. The first-order valence-corrected chi connectivity index (χ1v) is 11.1. The van der Waals surface area contributed by atoms with Crippen LogP contribution in [0.2, 0.25) is 0 Å². The van der Waals surface area contributed by atoms with Crippen LogP contribution in [0.4, 0.5) is 0 Å². The largest absolute Gasteiger partial charge is 0.497 e. The van der Waals surface area contributed by atoms with E-state index in [4.69, 9.17) is 9.84 Å². The second-order valence-electron chi connectivity index (χ2n) is 7.20. The van der Waals surface area contributed by atoms with Crippen LogP contribution in [0.5, 0.6) is 5.75 Å². The van der Waals surface area contributed by atoms with Crippen LogP contribution in [0, 0.1) is 0 Å². The minimum Gasteiger partial charge on any atom is -0.497 e. The highest BCUT2D eigenvalue weighted by Gasteiger charge is 2.39. The van der Waals surface area contributed by atoms with Crippen molar-refractivity contribution in [3.05, 3.63) is 29.8 Å². The van der Waals surface area contributed by atoms with Gasteiger partial charge in [-0.1, -0.05) is 12.1 Å². The average Bonchev–Trinajstić information content (AvgIpc) is 3.02. The monoisotopic (exact) mass is 465 g/mol. The Morgan fingerprint density at radius 3 is 2.53 bits per heavy atom. The van der Waals surface area contributed by atoms with E-state index in [2.05, 4.69) is 10.6 Å². The molecule has 0 radical (unpaired) electrons. The molecule has 0 bridgehead atoms. The molecule has 0 saturated carbocycles. The van der Waals surface area contributed by atoms with Gasteiger partial charge in [0.25, 0.3) is 0 Å². The van der Waals surface area contributed by atoms with Gasteiger partial charge in [-0.2, -0.15) is 0 Å². The third-order valence-electron chi connectivity index (χ3n) is 4.80. The molecule has 1 saturated heterocycles. The fourth-order valence-corrected chi connectivity index (χ4v) is 4.28. The molecule has 2 atom stereocenters. The second kappa shape index (κ2) is 12.1. The highest BCUT2D eigenvalue weighted by molar-refractivity contribution is 8.00. The quantitative estimate of drug-likeness (QED) is 0.372. The number of amides is 4. The van der Waals surface area contributed by atoms with Crippen LogP contribution in [0.1, 0.15) is 25.3 Å². The third kappa shape index (κ3) is 7.56. The number of thioether (sulfide) groups is 1. The first-order valence-electron chi connectivity index (χ1n) is 10.1. The maximum absolute atomic E-state index is 12.5. The Balaban J connectivity index is 1.73. The summed E-state index contributed by atoms with van der Waals surface area (Å²) in [6.07, 6.45) is 0.781. The number of rotatable bonds is 12. The van der Waals surface area contributed by atoms with Crippen LogP contribution in [0.3, 0.4) is 0 Å². The number of nitrogens with one attached hydrogen (secondary N) is 2. The molecule has 0 spiro atoms. The number of hydrogen-bond donors (Lipinski definition) is 3. The van der Waals surface area contributed by atoms with E-state index in [0.29, 0.717) is 6.42 Å². The van der Waals surface area contributed by atoms with Gasteiger partial charge in [0.1, 0.15) is 11.8 Å². The number of methoxy groups -OCH3 is 1. The molecule has 0 aliphatic carbocycles. The Bertz CT molecular complexity index is 859. The van der Waals surface area contributed by atoms with Crippen molar-refractivity contribution in [1.82, 2.24) is 15.5 Å². The first kappa shape index (κ1) is 25.2. The van der Waals surface area contributed by atoms with E-state index in [9.17, 15) is 24.0 Å². The van der Waals surface area contributed by atoms with Crippen molar-refractivity contribution in [2.24, 2.45) is 0 Å². The predicted octanol–water partition coefficient (Wildman–Crippen LogP) is 0.194. The lowest BCUT2D eigenvalue weighted by Crippen LogP contribution is -2.42. The maximum atomic E-state index is 12.5. The molecule has 4 amide bonds. The van der Waals surface area contributed by atoms with Gasteiger partial charge in [-0.25, -0.2) is 4.79 Å². The summed E-state index contributed by atoms with van der Waals surface area (Å²) in [5, 5.41) is 13.4. The number of aryl methyl sites for hydroxylation is 1. The lowest BCUT2D eigenvalue weighted by atomic mass is 10.1. The molecule has 1 heterocycles. The molecule has 0 aromatic heterocycles. The van der Waals surface area contributed by atoms with E-state index in [0.717, 1.165) is 28.0 Å². The molecule has 2 rings (SSSR count). The Morgan fingerprint density at radius 2 is 1.94 bits per heavy atom. The SMILES string of the molecule is COc1ccc(CCC(=O)NCCN2C(=O)CC(SCC(NC(C)=O)C(=O)O)C2=O)cc1. The number of ether oxygens (including phenoxy) is 1. The number of imide groups is 1. The molecule has 1 fully saturated rings. The van der Waals surface area contributed by atoms with Crippen LogP contribution in [0.15, 0.2) is 24.3 Å². The van der Waals surface area contributed by atoms with E-state index < -0.39 is 29.1 Å². The van der Waals surface area contributed by atoms with Gasteiger partial charge in [-0.3, -0.25) is 24.1 Å². The lowest BCUT2D eigenvalue weighted by molar-refractivity contribution is -0.141. The molecule has 3 N–H and O–H groups in total. The minimum atomic E-state index is -1.21. The molecule has 11 heteroatoms. The standard InChI is InChI=1S/C21H27N3O7S/c1-13(25)23-16(21(29)30)12-32-17-11-19(27)24(20(17)28)10-9-22-18(26)8-5-14-3-6-15(31-2)7-4-14/h3-4,6-7,16-17H,5,8-12H2,1-2H3,(H,22,26)(H,23,25)(H,29,30). The fourth-order valence-electron chi connectivity index (χ4n) is 3.10. The van der Waals surface area contributed by atoms with Crippen LogP contribution >= 0.6 is 11.8 Å². The van der Waals surface area contributed by atoms with Gasteiger partial charge < -0.3 is 20.5 Å². The molecule has 1 aromatic carbocycles. The molecule has 174 valence electrons. The summed E-state index contributed by atoms with van der Waals surface area (Å²) in [4.78, 5) is 60.1. The number of benzene rings is 1. The van der Waals surface area contributed by atoms with Crippen molar-refractivity contribution in [2.45, 2.75) is 37.5 Å². The zero-order chi connectivity index (χ0) is 23.7. The second-order valence-corrected chi connectivity index (χ2v) is 8.43. The first-order chi connectivity index (χ1) is 15.2. The highest BCUT2D eigenvalue weighted by atomic mass is 32.2. The number of carbonyl (C=O) groups excluding carboxylic acids is 4. The lowest BCUT2D eigenvalue weighted by Gasteiger charge is -2.17. The maximum Gasteiger partial charge on any atom is 0.327 e. The molecular formula is C21H27N3O7S. The Labute approximate surface area is 190 Å². The van der Waals surface area contributed by atoms with Crippen molar-refractivity contribution in [3.8, 4) is 5.75 Å². The number of nitrogens with zero attached hydrogens (tertiary/aromatic N) is 1. The van der Waals surface area contributed by atoms with Gasteiger partial charge >= 0.3 is 5.97 Å². The van der Waals surface area contributed by atoms with Crippen LogP contribution in [-0.4, -0.2) is 76.8 Å². The Kier molecular flexibility index (Phi) is 9.51. The molecule has 1 aliphatic rings. The van der Waals surface area contributed by atoms with Crippen LogP contribution in [-0.2, 0) is 30.4 Å². The fraction of sp³-hybridized carbons (Fsp3) is 0.476. The summed E-state index contributed by atoms with van der Waals surface area (Å²) in [7, 11) is 1.58. The smallest absolute Gasteiger partial charge is 0.327 e. The molecule has 10 nitrogen and oxygen atoms in total. The molecule has 2 unspecified atom stereocenters. The molecule has 1 aliphatic heterocycles. The van der Waals surface area contributed by atoms with Gasteiger partial charge in [0.15, 0.2) is 0 Å². The zero-order valence-electron chi connectivity index (χ0n) is 18.0. The van der Waals surface area contributed by atoms with E-state index in [1.165, 1.54) is 6.92 Å². The van der Waals surface area contributed by atoms with Crippen LogP contribution in [0.25, 0.3) is 0 Å². The van der Waals surface area contributed by atoms with Crippen molar-refractivity contribution in [3.63, 3.8) is 0 Å². The van der Waals surface area contributed by atoms with Gasteiger partial charge in [-0.15, -0.1) is 11.8 Å². The van der Waals surface area contributed by atoms with Crippen molar-refractivity contribution >= 4 is 41.4 Å². The van der Waals surface area contributed by atoms with Gasteiger partial charge in [0.2, 0.25) is 23.6 Å². The summed E-state index contributed by atoms with van der Waals surface area (Å²) >= 11 is 1.02. The summed E-state index contributed by atoms with van der Waals surface area (Å²) in [5.74, 6) is -1.97. The van der Waals surface area contributed by atoms with Crippen molar-refractivity contribution < 1.29 is 33.8 Å². The van der Waals surface area contributed by atoms with Gasteiger partial charge in [0.05, 0.1) is 12.4 Å².